The molecule has 0 aliphatic heterocycles. The molecule has 0 bridgehead atoms. The number of nitriles is 1. The first-order valence-corrected chi connectivity index (χ1v) is 6.25. The van der Waals surface area contributed by atoms with Gasteiger partial charge in [0.1, 0.15) is 11.6 Å². The number of oxazole rings is 1. The number of rotatable bonds is 3. The zero-order valence-electron chi connectivity index (χ0n) is 11.9. The smallest absolute Gasteiger partial charge is 0.282 e. The van der Waals surface area contributed by atoms with Gasteiger partial charge in [0.05, 0.1) is 4.92 Å². The first-order valence-electron chi connectivity index (χ1n) is 6.25. The van der Waals surface area contributed by atoms with E-state index in [4.69, 9.17) is 9.68 Å². The lowest BCUT2D eigenvalue weighted by atomic mass is 10.1. The minimum atomic E-state index is -0.511. The van der Waals surface area contributed by atoms with Crippen LogP contribution in [0.1, 0.15) is 26.5 Å². The Morgan fingerprint density at radius 1 is 1.38 bits per heavy atom. The average Bonchev–Trinajstić information content (AvgIpc) is 2.79. The Morgan fingerprint density at radius 2 is 2.05 bits per heavy atom. The zero-order chi connectivity index (χ0) is 15.6. The zero-order valence-corrected chi connectivity index (χ0v) is 11.9. The summed E-state index contributed by atoms with van der Waals surface area (Å²) in [5.41, 5.74) is -0.144. The van der Waals surface area contributed by atoms with E-state index in [1.165, 1.54) is 12.1 Å². The van der Waals surface area contributed by atoms with Crippen molar-refractivity contribution >= 4 is 11.6 Å². The van der Waals surface area contributed by atoms with Crippen molar-refractivity contribution in [2.45, 2.75) is 26.3 Å². The van der Waals surface area contributed by atoms with Gasteiger partial charge in [-0.1, -0.05) is 12.1 Å². The summed E-state index contributed by atoms with van der Waals surface area (Å²) in [5.74, 6) is 0.253. The average molecular weight is 286 g/mol. The Balaban J connectivity index is 2.52. The van der Waals surface area contributed by atoms with Crippen LogP contribution in [0.2, 0.25) is 0 Å². The molecule has 2 rings (SSSR count). The molecule has 0 aliphatic carbocycles. The van der Waals surface area contributed by atoms with Crippen molar-refractivity contribution in [3.05, 3.63) is 40.1 Å². The molecule has 0 spiro atoms. The minimum absolute atomic E-state index is 0.0469. The molecule has 1 N–H and O–H groups in total. The minimum Gasteiger partial charge on any atom is -0.419 e. The van der Waals surface area contributed by atoms with Crippen LogP contribution in [0.15, 0.2) is 28.7 Å². The summed E-state index contributed by atoms with van der Waals surface area (Å²) >= 11 is 0. The van der Waals surface area contributed by atoms with E-state index >= 15 is 0 Å². The molecule has 0 unspecified atom stereocenters. The fraction of sp³-hybridized carbons (Fsp3) is 0.286. The van der Waals surface area contributed by atoms with E-state index in [9.17, 15) is 10.1 Å². The number of nitro benzene ring substituents is 1. The van der Waals surface area contributed by atoms with Crippen molar-refractivity contribution in [1.29, 1.82) is 5.26 Å². The molecule has 7 nitrogen and oxygen atoms in total. The molecule has 21 heavy (non-hydrogen) atoms. The highest BCUT2D eigenvalue weighted by Crippen LogP contribution is 2.32. The summed E-state index contributed by atoms with van der Waals surface area (Å²) < 4.78 is 5.51. The molecule has 0 fully saturated rings. The number of nitrogens with zero attached hydrogens (tertiary/aromatic N) is 3. The van der Waals surface area contributed by atoms with Crippen LogP contribution in [0.25, 0.3) is 11.5 Å². The van der Waals surface area contributed by atoms with Gasteiger partial charge in [-0.25, -0.2) is 0 Å². The molecule has 1 aromatic heterocycles. The van der Waals surface area contributed by atoms with Gasteiger partial charge < -0.3 is 9.73 Å². The Labute approximate surface area is 121 Å². The molecule has 1 heterocycles. The maximum Gasteiger partial charge on any atom is 0.282 e. The number of nitro groups is 1. The van der Waals surface area contributed by atoms with E-state index in [1.54, 1.807) is 12.1 Å². The van der Waals surface area contributed by atoms with Gasteiger partial charge in [0.2, 0.25) is 17.5 Å². The molecule has 2 aromatic rings. The Hall–Kier alpha value is -2.88. The van der Waals surface area contributed by atoms with Crippen LogP contribution in [-0.2, 0) is 0 Å². The largest absolute Gasteiger partial charge is 0.419 e. The van der Waals surface area contributed by atoms with Gasteiger partial charge in [-0.05, 0) is 26.8 Å². The first-order chi connectivity index (χ1) is 9.81. The Morgan fingerprint density at radius 3 is 2.62 bits per heavy atom. The molecule has 0 saturated carbocycles. The Bertz CT molecular complexity index is 723. The van der Waals surface area contributed by atoms with Crippen molar-refractivity contribution in [3.63, 3.8) is 0 Å². The number of anilines is 1. The summed E-state index contributed by atoms with van der Waals surface area (Å²) in [5, 5.41) is 23.2. The van der Waals surface area contributed by atoms with E-state index in [0.717, 1.165) is 0 Å². The second-order valence-electron chi connectivity index (χ2n) is 5.46. The van der Waals surface area contributed by atoms with Gasteiger partial charge in [0.15, 0.2) is 0 Å². The molecular formula is C14H14N4O3. The number of hydrogen-bond acceptors (Lipinski definition) is 6. The number of hydrogen-bond donors (Lipinski definition) is 1. The normalized spacial score (nSPS) is 11.0. The fourth-order valence-corrected chi connectivity index (χ4v) is 1.75. The Kier molecular flexibility index (Phi) is 3.63. The van der Waals surface area contributed by atoms with Gasteiger partial charge in [0.25, 0.3) is 5.69 Å². The predicted molar refractivity (Wildman–Crippen MR) is 76.7 cm³/mol. The van der Waals surface area contributed by atoms with Crippen molar-refractivity contribution in [3.8, 4) is 17.5 Å². The highest BCUT2D eigenvalue weighted by atomic mass is 16.6. The third kappa shape index (κ3) is 3.17. The summed E-state index contributed by atoms with van der Waals surface area (Å²) in [6.45, 7) is 5.71. The highest BCUT2D eigenvalue weighted by Gasteiger charge is 2.23. The van der Waals surface area contributed by atoms with Crippen molar-refractivity contribution in [2.24, 2.45) is 0 Å². The van der Waals surface area contributed by atoms with E-state index in [-0.39, 0.29) is 34.3 Å². The molecule has 0 atom stereocenters. The van der Waals surface area contributed by atoms with E-state index in [1.807, 2.05) is 26.8 Å². The lowest BCUT2D eigenvalue weighted by Gasteiger charge is -2.19. The van der Waals surface area contributed by atoms with Crippen LogP contribution in [0.4, 0.5) is 11.6 Å². The fourth-order valence-electron chi connectivity index (χ4n) is 1.75. The third-order valence-corrected chi connectivity index (χ3v) is 2.55. The van der Waals surface area contributed by atoms with Crippen LogP contribution in [-0.4, -0.2) is 15.4 Å². The van der Waals surface area contributed by atoms with Gasteiger partial charge >= 0.3 is 0 Å². The lowest BCUT2D eigenvalue weighted by molar-refractivity contribution is -0.384. The topological polar surface area (TPSA) is 105 Å². The number of benzene rings is 1. The molecule has 108 valence electrons. The van der Waals surface area contributed by atoms with E-state index < -0.39 is 4.92 Å². The predicted octanol–water partition coefficient (Wildman–Crippen LogP) is 3.33. The van der Waals surface area contributed by atoms with Crippen molar-refractivity contribution in [2.75, 3.05) is 5.32 Å². The van der Waals surface area contributed by atoms with Gasteiger partial charge in [-0.2, -0.15) is 10.2 Å². The monoisotopic (exact) mass is 286 g/mol. The summed E-state index contributed by atoms with van der Waals surface area (Å²) in [6.07, 6.45) is 0. The number of para-hydroxylation sites is 1. The first kappa shape index (κ1) is 14.5. The maximum absolute atomic E-state index is 11.0. The maximum atomic E-state index is 11.0. The van der Waals surface area contributed by atoms with Crippen LogP contribution in [0.3, 0.4) is 0 Å². The van der Waals surface area contributed by atoms with Crippen LogP contribution < -0.4 is 5.32 Å². The van der Waals surface area contributed by atoms with Crippen molar-refractivity contribution < 1.29 is 9.34 Å². The standard InChI is InChI=1S/C14H14N4O3/c1-14(2,3)17-13-10(8-15)16-12(21-13)9-6-4-5-7-11(9)18(19)20/h4-7,17H,1-3H3. The van der Waals surface area contributed by atoms with Crippen LogP contribution in [0, 0.1) is 21.4 Å². The SMILES string of the molecule is CC(C)(C)Nc1oc(-c2ccccc2[N+](=O)[O-])nc1C#N. The van der Waals surface area contributed by atoms with Gasteiger partial charge in [-0.3, -0.25) is 10.1 Å². The number of nitrogens with one attached hydrogen (secondary N) is 1. The van der Waals surface area contributed by atoms with Gasteiger partial charge in [-0.15, -0.1) is 0 Å². The quantitative estimate of drug-likeness (QED) is 0.685. The van der Waals surface area contributed by atoms with Crippen molar-refractivity contribution in [1.82, 2.24) is 4.98 Å². The molecule has 0 saturated heterocycles. The molecule has 1 aromatic carbocycles. The molecule has 0 amide bonds. The van der Waals surface area contributed by atoms with Crippen LogP contribution in [0.5, 0.6) is 0 Å². The third-order valence-electron chi connectivity index (χ3n) is 2.55. The van der Waals surface area contributed by atoms with E-state index in [0.29, 0.717) is 0 Å². The second kappa shape index (κ2) is 5.25. The van der Waals surface area contributed by atoms with Crippen LogP contribution >= 0.6 is 0 Å². The molecular weight excluding hydrogens is 272 g/mol. The highest BCUT2D eigenvalue weighted by molar-refractivity contribution is 5.68. The summed E-state index contributed by atoms with van der Waals surface area (Å²) in [7, 11) is 0. The molecule has 0 radical (unpaired) electrons. The molecule has 0 aliphatic rings. The number of aromatic nitrogens is 1. The van der Waals surface area contributed by atoms with Gasteiger partial charge in [0, 0.05) is 11.6 Å². The van der Waals surface area contributed by atoms with E-state index in [2.05, 4.69) is 10.3 Å². The molecule has 7 heteroatoms. The summed E-state index contributed by atoms with van der Waals surface area (Å²) in [4.78, 5) is 14.6. The lowest BCUT2D eigenvalue weighted by Crippen LogP contribution is -2.26. The summed E-state index contributed by atoms with van der Waals surface area (Å²) in [6, 6.07) is 8.02. The second-order valence-corrected chi connectivity index (χ2v) is 5.46.